The average molecular weight is 308 g/mol. The summed E-state index contributed by atoms with van der Waals surface area (Å²) < 4.78 is 0. The first-order valence-corrected chi connectivity index (χ1v) is 7.76. The molecule has 4 nitrogen and oxygen atoms in total. The molecule has 0 aliphatic carbocycles. The van der Waals surface area contributed by atoms with Crippen molar-refractivity contribution in [1.29, 1.82) is 0 Å². The van der Waals surface area contributed by atoms with Crippen molar-refractivity contribution >= 4 is 11.9 Å². The van der Waals surface area contributed by atoms with Crippen LogP contribution in [0.2, 0.25) is 0 Å². The Morgan fingerprint density at radius 2 is 1.61 bits per heavy atom. The summed E-state index contributed by atoms with van der Waals surface area (Å²) in [4.78, 5) is 26.0. The summed E-state index contributed by atoms with van der Waals surface area (Å²) in [6.45, 7) is 4.35. The van der Waals surface area contributed by atoms with E-state index in [1.165, 1.54) is 4.90 Å². The highest BCUT2D eigenvalue weighted by molar-refractivity contribution is 6.04. The van der Waals surface area contributed by atoms with Crippen LogP contribution < -0.4 is 5.32 Å². The lowest BCUT2D eigenvalue weighted by atomic mass is 10.1. The van der Waals surface area contributed by atoms with E-state index in [9.17, 15) is 9.59 Å². The van der Waals surface area contributed by atoms with Gasteiger partial charge in [0.1, 0.15) is 6.04 Å². The molecule has 3 rings (SSSR count). The standard InChI is InChI=1S/C19H20N2O2/c1-13-8-14(2)10-16(9-13)12-21-18(22)17(20-19(21)23)11-15-6-4-3-5-7-15/h3-10,17H,11-12H2,1-2H3,(H,20,23)/t17-/m0/s1. The van der Waals surface area contributed by atoms with Gasteiger partial charge in [0.25, 0.3) is 5.91 Å². The molecule has 1 aliphatic heterocycles. The summed E-state index contributed by atoms with van der Waals surface area (Å²) >= 11 is 0. The number of aryl methyl sites for hydroxylation is 2. The van der Waals surface area contributed by atoms with E-state index in [0.717, 1.165) is 22.3 Å². The summed E-state index contributed by atoms with van der Waals surface area (Å²) in [5.41, 5.74) is 4.28. The van der Waals surface area contributed by atoms with E-state index in [1.807, 2.05) is 56.3 Å². The second kappa shape index (κ2) is 6.24. The third-order valence-electron chi connectivity index (χ3n) is 4.01. The van der Waals surface area contributed by atoms with Crippen molar-refractivity contribution in [2.75, 3.05) is 0 Å². The first-order valence-electron chi connectivity index (χ1n) is 7.76. The molecule has 2 aromatic rings. The number of nitrogens with zero attached hydrogens (tertiary/aromatic N) is 1. The van der Waals surface area contributed by atoms with E-state index in [2.05, 4.69) is 11.4 Å². The van der Waals surface area contributed by atoms with Gasteiger partial charge in [0, 0.05) is 6.42 Å². The van der Waals surface area contributed by atoms with Gasteiger partial charge in [0.2, 0.25) is 0 Å². The maximum absolute atomic E-state index is 12.5. The molecule has 0 saturated carbocycles. The summed E-state index contributed by atoms with van der Waals surface area (Å²) in [6, 6.07) is 15.0. The molecule has 1 N–H and O–H groups in total. The molecule has 1 fully saturated rings. The lowest BCUT2D eigenvalue weighted by Crippen LogP contribution is -2.32. The van der Waals surface area contributed by atoms with Crippen LogP contribution in [0.3, 0.4) is 0 Å². The highest BCUT2D eigenvalue weighted by atomic mass is 16.2. The Bertz CT molecular complexity index is 720. The van der Waals surface area contributed by atoms with Crippen LogP contribution in [0.25, 0.3) is 0 Å². The largest absolute Gasteiger partial charge is 0.325 e. The van der Waals surface area contributed by atoms with E-state index >= 15 is 0 Å². The first kappa shape index (κ1) is 15.3. The SMILES string of the molecule is Cc1cc(C)cc(CN2C(=O)N[C@@H](Cc3ccccc3)C2=O)c1. The van der Waals surface area contributed by atoms with E-state index in [4.69, 9.17) is 0 Å². The van der Waals surface area contributed by atoms with Crippen LogP contribution in [0.5, 0.6) is 0 Å². The Morgan fingerprint density at radius 1 is 0.957 bits per heavy atom. The predicted octanol–water partition coefficient (Wildman–Crippen LogP) is 2.97. The first-order chi connectivity index (χ1) is 11.0. The number of benzene rings is 2. The Kier molecular flexibility index (Phi) is 4.15. The smallest absolute Gasteiger partial charge is 0.325 e. The average Bonchev–Trinajstić information content (AvgIpc) is 2.75. The normalized spacial score (nSPS) is 17.5. The van der Waals surface area contributed by atoms with Crippen molar-refractivity contribution in [3.8, 4) is 0 Å². The van der Waals surface area contributed by atoms with Gasteiger partial charge in [-0.15, -0.1) is 0 Å². The number of rotatable bonds is 4. The quantitative estimate of drug-likeness (QED) is 0.883. The summed E-state index contributed by atoms with van der Waals surface area (Å²) in [5, 5.41) is 2.79. The molecule has 4 heteroatoms. The van der Waals surface area contributed by atoms with Crippen LogP contribution in [0.4, 0.5) is 4.79 Å². The van der Waals surface area contributed by atoms with Gasteiger partial charge in [-0.25, -0.2) is 4.79 Å². The Labute approximate surface area is 136 Å². The van der Waals surface area contributed by atoms with Crippen LogP contribution in [-0.2, 0) is 17.8 Å². The molecular weight excluding hydrogens is 288 g/mol. The van der Waals surface area contributed by atoms with Gasteiger partial charge < -0.3 is 5.32 Å². The summed E-state index contributed by atoms with van der Waals surface area (Å²) in [7, 11) is 0. The monoisotopic (exact) mass is 308 g/mol. The van der Waals surface area contributed by atoms with E-state index in [0.29, 0.717) is 13.0 Å². The van der Waals surface area contributed by atoms with E-state index in [-0.39, 0.29) is 11.9 Å². The van der Waals surface area contributed by atoms with Gasteiger partial charge in [0.05, 0.1) is 6.54 Å². The molecule has 1 heterocycles. The number of carbonyl (C=O) groups is 2. The fourth-order valence-electron chi connectivity index (χ4n) is 3.06. The molecule has 0 unspecified atom stereocenters. The number of carbonyl (C=O) groups excluding carboxylic acids is 2. The fraction of sp³-hybridized carbons (Fsp3) is 0.263. The van der Waals surface area contributed by atoms with Crippen LogP contribution >= 0.6 is 0 Å². The van der Waals surface area contributed by atoms with Crippen molar-refractivity contribution in [3.05, 3.63) is 70.8 Å². The van der Waals surface area contributed by atoms with Crippen LogP contribution in [0.1, 0.15) is 22.3 Å². The molecule has 1 aliphatic rings. The molecule has 3 amide bonds. The Morgan fingerprint density at radius 3 is 2.26 bits per heavy atom. The maximum Gasteiger partial charge on any atom is 0.325 e. The van der Waals surface area contributed by atoms with Crippen molar-refractivity contribution < 1.29 is 9.59 Å². The second-order valence-corrected chi connectivity index (χ2v) is 6.11. The van der Waals surface area contributed by atoms with Crippen LogP contribution in [0, 0.1) is 13.8 Å². The molecule has 23 heavy (non-hydrogen) atoms. The molecule has 118 valence electrons. The fourth-order valence-corrected chi connectivity index (χ4v) is 3.06. The van der Waals surface area contributed by atoms with Gasteiger partial charge in [-0.05, 0) is 25.0 Å². The second-order valence-electron chi connectivity index (χ2n) is 6.11. The summed E-state index contributed by atoms with van der Waals surface area (Å²) in [5.74, 6) is -0.155. The molecule has 0 radical (unpaired) electrons. The molecule has 0 aromatic heterocycles. The topological polar surface area (TPSA) is 49.4 Å². The number of hydrogen-bond acceptors (Lipinski definition) is 2. The van der Waals surface area contributed by atoms with Crippen molar-refractivity contribution in [2.45, 2.75) is 32.9 Å². The minimum Gasteiger partial charge on any atom is -0.325 e. The highest BCUT2D eigenvalue weighted by Gasteiger charge is 2.37. The van der Waals surface area contributed by atoms with Crippen molar-refractivity contribution in [3.63, 3.8) is 0 Å². The predicted molar refractivity (Wildman–Crippen MR) is 88.9 cm³/mol. The van der Waals surface area contributed by atoms with E-state index in [1.54, 1.807) is 0 Å². The minimum atomic E-state index is -0.476. The number of nitrogens with one attached hydrogen (secondary N) is 1. The Hall–Kier alpha value is -2.62. The number of hydrogen-bond donors (Lipinski definition) is 1. The van der Waals surface area contributed by atoms with Gasteiger partial charge in [-0.2, -0.15) is 0 Å². The highest BCUT2D eigenvalue weighted by Crippen LogP contribution is 2.17. The Balaban J connectivity index is 1.73. The van der Waals surface area contributed by atoms with Gasteiger partial charge in [-0.1, -0.05) is 59.7 Å². The zero-order chi connectivity index (χ0) is 16.4. The number of imide groups is 1. The lowest BCUT2D eigenvalue weighted by molar-refractivity contribution is -0.127. The molecule has 1 atom stereocenters. The molecule has 2 aromatic carbocycles. The number of amides is 3. The van der Waals surface area contributed by atoms with E-state index < -0.39 is 6.04 Å². The molecular formula is C19H20N2O2. The van der Waals surface area contributed by atoms with Crippen LogP contribution in [-0.4, -0.2) is 22.9 Å². The third-order valence-corrected chi connectivity index (χ3v) is 4.01. The molecule has 0 bridgehead atoms. The lowest BCUT2D eigenvalue weighted by Gasteiger charge is -2.14. The maximum atomic E-state index is 12.5. The zero-order valence-corrected chi connectivity index (χ0v) is 13.4. The van der Waals surface area contributed by atoms with Crippen molar-refractivity contribution in [1.82, 2.24) is 10.2 Å². The van der Waals surface area contributed by atoms with Gasteiger partial charge >= 0.3 is 6.03 Å². The third kappa shape index (κ3) is 3.42. The zero-order valence-electron chi connectivity index (χ0n) is 13.4. The van der Waals surface area contributed by atoms with Crippen molar-refractivity contribution in [2.24, 2.45) is 0 Å². The molecule has 1 saturated heterocycles. The van der Waals surface area contributed by atoms with Gasteiger partial charge in [0.15, 0.2) is 0 Å². The summed E-state index contributed by atoms with van der Waals surface area (Å²) in [6.07, 6.45) is 0.523. The van der Waals surface area contributed by atoms with Gasteiger partial charge in [-0.3, -0.25) is 9.69 Å². The minimum absolute atomic E-state index is 0.155. The molecule has 0 spiro atoms. The number of urea groups is 1. The van der Waals surface area contributed by atoms with Crippen LogP contribution in [0.15, 0.2) is 48.5 Å².